The predicted molar refractivity (Wildman–Crippen MR) is 125 cm³/mol. The molecule has 2 aromatic heterocycles. The third-order valence-corrected chi connectivity index (χ3v) is 5.13. The third kappa shape index (κ3) is 4.19. The molecular weight excluding hydrogens is 418 g/mol. The standard InChI is InChI=1S/C24H19N7O2/c25-24-27-21-20(23(33)28-24)29-31(30-21)19-8-4-7-18(13-19)22(32)26-14-15-9-11-17(12-10-15)16-5-2-1-3-6-16/h1-13H,14H2,(H,26,32)(H3,25,27,28,30,33). The van der Waals surface area contributed by atoms with Crippen molar-refractivity contribution < 1.29 is 4.79 Å². The Kier molecular flexibility index (Phi) is 5.12. The Bertz CT molecular complexity index is 1510. The highest BCUT2D eigenvalue weighted by Crippen LogP contribution is 2.19. The van der Waals surface area contributed by atoms with Gasteiger partial charge in [0.05, 0.1) is 5.69 Å². The van der Waals surface area contributed by atoms with Crippen LogP contribution in [0.5, 0.6) is 0 Å². The number of amides is 1. The number of benzene rings is 3. The van der Waals surface area contributed by atoms with Gasteiger partial charge in [-0.15, -0.1) is 15.0 Å². The molecule has 0 saturated carbocycles. The highest BCUT2D eigenvalue weighted by Gasteiger charge is 2.12. The first-order valence-electron chi connectivity index (χ1n) is 10.2. The van der Waals surface area contributed by atoms with E-state index in [9.17, 15) is 9.59 Å². The zero-order valence-corrected chi connectivity index (χ0v) is 17.4. The smallest absolute Gasteiger partial charge is 0.282 e. The lowest BCUT2D eigenvalue weighted by molar-refractivity contribution is 0.0951. The normalized spacial score (nSPS) is 10.9. The molecule has 5 rings (SSSR count). The van der Waals surface area contributed by atoms with Crippen LogP contribution in [0.2, 0.25) is 0 Å². The summed E-state index contributed by atoms with van der Waals surface area (Å²) in [5.41, 5.74) is 9.49. The summed E-state index contributed by atoms with van der Waals surface area (Å²) < 4.78 is 0. The van der Waals surface area contributed by atoms with E-state index >= 15 is 0 Å². The Morgan fingerprint density at radius 3 is 2.48 bits per heavy atom. The van der Waals surface area contributed by atoms with Gasteiger partial charge in [0, 0.05) is 12.1 Å². The Labute approximate surface area is 187 Å². The van der Waals surface area contributed by atoms with E-state index in [4.69, 9.17) is 5.73 Å². The fraction of sp³-hybridized carbons (Fsp3) is 0.0417. The monoisotopic (exact) mass is 437 g/mol. The van der Waals surface area contributed by atoms with Crippen LogP contribution in [0.3, 0.4) is 0 Å². The minimum Gasteiger partial charge on any atom is -0.369 e. The molecule has 0 bridgehead atoms. The first kappa shape index (κ1) is 20.1. The Balaban J connectivity index is 1.30. The van der Waals surface area contributed by atoms with Crippen molar-refractivity contribution in [3.05, 3.63) is 100 Å². The number of hydrogen-bond donors (Lipinski definition) is 3. The molecule has 0 radical (unpaired) electrons. The molecule has 3 aromatic carbocycles. The molecule has 5 aromatic rings. The summed E-state index contributed by atoms with van der Waals surface area (Å²) in [7, 11) is 0. The number of fused-ring (bicyclic) bond motifs is 1. The Morgan fingerprint density at radius 2 is 1.70 bits per heavy atom. The van der Waals surface area contributed by atoms with Gasteiger partial charge in [-0.1, -0.05) is 60.7 Å². The average molecular weight is 437 g/mol. The minimum absolute atomic E-state index is 0.0375. The number of carbonyl (C=O) groups excluding carboxylic acids is 1. The molecule has 4 N–H and O–H groups in total. The number of nitrogens with zero attached hydrogens (tertiary/aromatic N) is 4. The van der Waals surface area contributed by atoms with Crippen LogP contribution < -0.4 is 16.6 Å². The van der Waals surface area contributed by atoms with Crippen LogP contribution in [0, 0.1) is 0 Å². The van der Waals surface area contributed by atoms with Crippen molar-refractivity contribution in [3.63, 3.8) is 0 Å². The van der Waals surface area contributed by atoms with Gasteiger partial charge in [0.15, 0.2) is 5.52 Å². The van der Waals surface area contributed by atoms with Gasteiger partial charge in [-0.3, -0.25) is 14.6 Å². The maximum Gasteiger partial charge on any atom is 0.282 e. The van der Waals surface area contributed by atoms with E-state index in [1.54, 1.807) is 24.3 Å². The molecule has 0 saturated heterocycles. The van der Waals surface area contributed by atoms with Gasteiger partial charge in [0.25, 0.3) is 11.5 Å². The number of nitrogens with two attached hydrogens (primary N) is 1. The van der Waals surface area contributed by atoms with Crippen LogP contribution >= 0.6 is 0 Å². The van der Waals surface area contributed by atoms with Crippen molar-refractivity contribution in [3.8, 4) is 16.8 Å². The topological polar surface area (TPSA) is 132 Å². The number of aromatic amines is 1. The first-order chi connectivity index (χ1) is 16.1. The fourth-order valence-electron chi connectivity index (χ4n) is 3.46. The van der Waals surface area contributed by atoms with E-state index in [2.05, 4.69) is 37.6 Å². The minimum atomic E-state index is -0.476. The maximum absolute atomic E-state index is 12.7. The summed E-state index contributed by atoms with van der Waals surface area (Å²) in [6.45, 7) is 0.389. The van der Waals surface area contributed by atoms with Gasteiger partial charge in [-0.25, -0.2) is 0 Å². The van der Waals surface area contributed by atoms with Gasteiger partial charge in [-0.2, -0.15) is 4.98 Å². The molecule has 33 heavy (non-hydrogen) atoms. The van der Waals surface area contributed by atoms with Crippen molar-refractivity contribution in [1.82, 2.24) is 30.3 Å². The molecule has 2 heterocycles. The van der Waals surface area contributed by atoms with Crippen molar-refractivity contribution in [2.75, 3.05) is 5.73 Å². The highest BCUT2D eigenvalue weighted by atomic mass is 16.1. The highest BCUT2D eigenvalue weighted by molar-refractivity contribution is 5.94. The number of aromatic nitrogens is 5. The molecule has 0 unspecified atom stereocenters. The quantitative estimate of drug-likeness (QED) is 0.387. The molecule has 0 atom stereocenters. The van der Waals surface area contributed by atoms with Gasteiger partial charge >= 0.3 is 0 Å². The number of carbonyl (C=O) groups is 1. The summed E-state index contributed by atoms with van der Waals surface area (Å²) in [5, 5.41) is 11.3. The summed E-state index contributed by atoms with van der Waals surface area (Å²) >= 11 is 0. The lowest BCUT2D eigenvalue weighted by atomic mass is 10.0. The van der Waals surface area contributed by atoms with Crippen LogP contribution in [0.1, 0.15) is 15.9 Å². The lowest BCUT2D eigenvalue weighted by Gasteiger charge is -2.08. The van der Waals surface area contributed by atoms with E-state index in [-0.39, 0.29) is 23.0 Å². The number of anilines is 1. The van der Waals surface area contributed by atoms with Gasteiger partial charge < -0.3 is 11.1 Å². The molecular formula is C24H19N7O2. The Hall–Kier alpha value is -4.79. The summed E-state index contributed by atoms with van der Waals surface area (Å²) in [6, 6.07) is 25.0. The number of nitrogen functional groups attached to an aromatic ring is 1. The van der Waals surface area contributed by atoms with Gasteiger partial charge in [0.1, 0.15) is 0 Å². The van der Waals surface area contributed by atoms with Crippen molar-refractivity contribution in [1.29, 1.82) is 0 Å². The zero-order chi connectivity index (χ0) is 22.8. The molecule has 9 heteroatoms. The van der Waals surface area contributed by atoms with Crippen molar-refractivity contribution in [2.24, 2.45) is 0 Å². The third-order valence-electron chi connectivity index (χ3n) is 5.13. The molecule has 0 aliphatic rings. The number of rotatable bonds is 5. The number of hydrogen-bond acceptors (Lipinski definition) is 6. The molecule has 0 aliphatic carbocycles. The second kappa shape index (κ2) is 8.39. The number of H-pyrrole nitrogens is 1. The number of nitrogens with one attached hydrogen (secondary N) is 2. The van der Waals surface area contributed by atoms with Crippen LogP contribution in [-0.4, -0.2) is 30.9 Å². The van der Waals surface area contributed by atoms with Crippen LogP contribution in [0.25, 0.3) is 28.0 Å². The molecule has 0 fully saturated rings. The van der Waals surface area contributed by atoms with E-state index in [1.807, 2.05) is 42.5 Å². The predicted octanol–water partition coefficient (Wildman–Crippen LogP) is 2.68. The van der Waals surface area contributed by atoms with Gasteiger partial charge in [0.2, 0.25) is 11.6 Å². The molecule has 0 aliphatic heterocycles. The van der Waals surface area contributed by atoms with Crippen molar-refractivity contribution in [2.45, 2.75) is 6.54 Å². The van der Waals surface area contributed by atoms with E-state index in [0.29, 0.717) is 17.8 Å². The van der Waals surface area contributed by atoms with E-state index < -0.39 is 5.56 Å². The fourth-order valence-corrected chi connectivity index (χ4v) is 3.46. The second-order valence-electron chi connectivity index (χ2n) is 7.41. The van der Waals surface area contributed by atoms with E-state index in [0.717, 1.165) is 16.7 Å². The van der Waals surface area contributed by atoms with Crippen molar-refractivity contribution >= 4 is 23.0 Å². The average Bonchev–Trinajstić information content (AvgIpc) is 3.28. The van der Waals surface area contributed by atoms with E-state index in [1.165, 1.54) is 4.80 Å². The Morgan fingerprint density at radius 1 is 0.939 bits per heavy atom. The SMILES string of the molecule is Nc1nc2nn(-c3cccc(C(=O)NCc4ccc(-c5ccccc5)cc4)c3)nc2c(=O)[nH]1. The molecule has 1 amide bonds. The zero-order valence-electron chi connectivity index (χ0n) is 17.4. The lowest BCUT2D eigenvalue weighted by Crippen LogP contribution is -2.23. The summed E-state index contributed by atoms with van der Waals surface area (Å²) in [6.07, 6.45) is 0. The molecule has 0 spiro atoms. The summed E-state index contributed by atoms with van der Waals surface area (Å²) in [4.78, 5) is 32.3. The first-order valence-corrected chi connectivity index (χ1v) is 10.2. The largest absolute Gasteiger partial charge is 0.369 e. The van der Waals surface area contributed by atoms with Gasteiger partial charge in [-0.05, 0) is 34.9 Å². The molecule has 9 nitrogen and oxygen atoms in total. The van der Waals surface area contributed by atoms with Crippen LogP contribution in [-0.2, 0) is 6.54 Å². The second-order valence-corrected chi connectivity index (χ2v) is 7.41. The summed E-state index contributed by atoms with van der Waals surface area (Å²) in [5.74, 6) is -0.273. The molecule has 162 valence electrons. The maximum atomic E-state index is 12.7. The van der Waals surface area contributed by atoms with Crippen LogP contribution in [0.15, 0.2) is 83.7 Å². The van der Waals surface area contributed by atoms with Crippen LogP contribution in [0.4, 0.5) is 5.95 Å².